The monoisotopic (exact) mass is 436 g/mol. The molecule has 1 saturated carbocycles. The van der Waals surface area contributed by atoms with Crippen molar-refractivity contribution in [2.24, 2.45) is 0 Å². The first-order valence-electron chi connectivity index (χ1n) is 10.2. The normalized spacial score (nSPS) is 14.1. The molecule has 4 rings (SSSR count). The van der Waals surface area contributed by atoms with E-state index in [0.717, 1.165) is 29.7 Å². The van der Waals surface area contributed by atoms with Gasteiger partial charge in [-0.1, -0.05) is 29.8 Å². The van der Waals surface area contributed by atoms with Gasteiger partial charge in [-0.15, -0.1) is 16.9 Å². The summed E-state index contributed by atoms with van der Waals surface area (Å²) in [5.41, 5.74) is 3.40. The highest BCUT2D eigenvalue weighted by Crippen LogP contribution is 2.36. The second kappa shape index (κ2) is 9.30. The molecule has 3 aromatic rings. The molecule has 2 N–H and O–H groups in total. The van der Waals surface area contributed by atoms with Crippen LogP contribution in [0.2, 0.25) is 0 Å². The predicted octanol–water partition coefficient (Wildman–Crippen LogP) is 3.68. The first kappa shape index (κ1) is 21.0. The van der Waals surface area contributed by atoms with E-state index in [1.54, 1.807) is 6.92 Å². The summed E-state index contributed by atoms with van der Waals surface area (Å²) in [6.07, 6.45) is 2.17. The SMILES string of the molecule is Cc1ccc(NC(=O)CS[C@H](C)C(=O)Nc2cccc(-c3nnnn3C3CC3)c2)cc1. The lowest BCUT2D eigenvalue weighted by Crippen LogP contribution is -2.25. The summed E-state index contributed by atoms with van der Waals surface area (Å²) in [4.78, 5) is 24.8. The molecule has 0 radical (unpaired) electrons. The van der Waals surface area contributed by atoms with E-state index in [0.29, 0.717) is 17.6 Å². The number of nitrogens with zero attached hydrogens (tertiary/aromatic N) is 4. The Kier molecular flexibility index (Phi) is 6.31. The van der Waals surface area contributed by atoms with Crippen LogP contribution in [0.25, 0.3) is 11.4 Å². The zero-order chi connectivity index (χ0) is 21.8. The van der Waals surface area contributed by atoms with Crippen molar-refractivity contribution in [1.82, 2.24) is 20.2 Å². The van der Waals surface area contributed by atoms with Gasteiger partial charge in [0, 0.05) is 16.9 Å². The number of thioether (sulfide) groups is 1. The maximum absolute atomic E-state index is 12.6. The van der Waals surface area contributed by atoms with E-state index < -0.39 is 0 Å². The van der Waals surface area contributed by atoms with Gasteiger partial charge >= 0.3 is 0 Å². The Morgan fingerprint density at radius 2 is 1.90 bits per heavy atom. The average molecular weight is 437 g/mol. The number of nitrogens with one attached hydrogen (secondary N) is 2. The Morgan fingerprint density at radius 3 is 2.65 bits per heavy atom. The highest BCUT2D eigenvalue weighted by Gasteiger charge is 2.28. The number of benzene rings is 2. The van der Waals surface area contributed by atoms with Crippen molar-refractivity contribution in [3.05, 3.63) is 54.1 Å². The molecule has 0 aliphatic heterocycles. The van der Waals surface area contributed by atoms with Gasteiger partial charge in [0.1, 0.15) is 0 Å². The van der Waals surface area contributed by atoms with Gasteiger partial charge in [0.15, 0.2) is 5.82 Å². The summed E-state index contributed by atoms with van der Waals surface area (Å²) in [6.45, 7) is 3.78. The Hall–Kier alpha value is -3.20. The van der Waals surface area contributed by atoms with E-state index in [1.807, 2.05) is 60.1 Å². The van der Waals surface area contributed by atoms with Crippen molar-refractivity contribution >= 4 is 35.0 Å². The number of tetrazole rings is 1. The van der Waals surface area contributed by atoms with E-state index in [4.69, 9.17) is 0 Å². The highest BCUT2D eigenvalue weighted by molar-refractivity contribution is 8.01. The lowest BCUT2D eigenvalue weighted by atomic mass is 10.2. The first-order chi connectivity index (χ1) is 15.0. The van der Waals surface area contributed by atoms with E-state index in [9.17, 15) is 9.59 Å². The lowest BCUT2D eigenvalue weighted by molar-refractivity contribution is -0.115. The summed E-state index contributed by atoms with van der Waals surface area (Å²) in [5, 5.41) is 17.4. The maximum atomic E-state index is 12.6. The number of hydrogen-bond acceptors (Lipinski definition) is 6. The van der Waals surface area contributed by atoms with Gasteiger partial charge in [0.25, 0.3) is 0 Å². The molecule has 1 atom stereocenters. The van der Waals surface area contributed by atoms with E-state index in [-0.39, 0.29) is 22.8 Å². The molecule has 9 heteroatoms. The van der Waals surface area contributed by atoms with Crippen LogP contribution >= 0.6 is 11.8 Å². The van der Waals surface area contributed by atoms with Gasteiger partial charge in [-0.3, -0.25) is 9.59 Å². The van der Waals surface area contributed by atoms with E-state index >= 15 is 0 Å². The third-order valence-electron chi connectivity index (χ3n) is 4.94. The van der Waals surface area contributed by atoms with Gasteiger partial charge < -0.3 is 10.6 Å². The molecule has 1 fully saturated rings. The Balaban J connectivity index is 1.31. The second-order valence-electron chi connectivity index (χ2n) is 7.62. The van der Waals surface area contributed by atoms with Crippen LogP contribution in [-0.4, -0.2) is 43.0 Å². The van der Waals surface area contributed by atoms with Crippen LogP contribution < -0.4 is 10.6 Å². The Labute approximate surface area is 184 Å². The molecule has 2 amide bonds. The number of aromatic nitrogens is 4. The summed E-state index contributed by atoms with van der Waals surface area (Å²) >= 11 is 1.29. The largest absolute Gasteiger partial charge is 0.325 e. The van der Waals surface area contributed by atoms with Gasteiger partial charge in [0.2, 0.25) is 11.8 Å². The minimum atomic E-state index is -0.385. The summed E-state index contributed by atoms with van der Waals surface area (Å²) in [6, 6.07) is 15.5. The molecule has 0 saturated heterocycles. The quantitative estimate of drug-likeness (QED) is 0.558. The topological polar surface area (TPSA) is 102 Å². The number of carbonyl (C=O) groups excluding carboxylic acids is 2. The number of hydrogen-bond donors (Lipinski definition) is 2. The van der Waals surface area contributed by atoms with Crippen LogP contribution in [-0.2, 0) is 9.59 Å². The lowest BCUT2D eigenvalue weighted by Gasteiger charge is -2.13. The molecule has 0 unspecified atom stereocenters. The summed E-state index contributed by atoms with van der Waals surface area (Å²) < 4.78 is 1.84. The van der Waals surface area contributed by atoms with Gasteiger partial charge in [0.05, 0.1) is 17.0 Å². The van der Waals surface area contributed by atoms with Crippen LogP contribution in [0.15, 0.2) is 48.5 Å². The number of carbonyl (C=O) groups is 2. The van der Waals surface area contributed by atoms with Crippen molar-refractivity contribution in [1.29, 1.82) is 0 Å². The smallest absolute Gasteiger partial charge is 0.237 e. The van der Waals surface area contributed by atoms with Crippen molar-refractivity contribution in [3.8, 4) is 11.4 Å². The first-order valence-corrected chi connectivity index (χ1v) is 11.2. The van der Waals surface area contributed by atoms with Gasteiger partial charge in [-0.05, 0) is 61.4 Å². The van der Waals surface area contributed by atoms with E-state index in [2.05, 4.69) is 26.2 Å². The van der Waals surface area contributed by atoms with Crippen molar-refractivity contribution < 1.29 is 9.59 Å². The number of amides is 2. The molecule has 1 heterocycles. The van der Waals surface area contributed by atoms with Crippen LogP contribution in [0, 0.1) is 6.92 Å². The highest BCUT2D eigenvalue weighted by atomic mass is 32.2. The molecule has 0 spiro atoms. The van der Waals surface area contributed by atoms with Crippen molar-refractivity contribution in [2.45, 2.75) is 38.0 Å². The van der Waals surface area contributed by atoms with Gasteiger partial charge in [-0.25, -0.2) is 4.68 Å². The Bertz CT molecular complexity index is 1080. The zero-order valence-electron chi connectivity index (χ0n) is 17.4. The number of rotatable bonds is 8. The number of aryl methyl sites for hydroxylation is 1. The van der Waals surface area contributed by atoms with Crippen LogP contribution in [0.1, 0.15) is 31.4 Å². The minimum absolute atomic E-state index is 0.137. The van der Waals surface area contributed by atoms with E-state index in [1.165, 1.54) is 11.8 Å². The molecule has 1 aliphatic rings. The molecule has 160 valence electrons. The molecular weight excluding hydrogens is 412 g/mol. The Morgan fingerprint density at radius 1 is 1.13 bits per heavy atom. The maximum Gasteiger partial charge on any atom is 0.237 e. The fourth-order valence-electron chi connectivity index (χ4n) is 3.04. The van der Waals surface area contributed by atoms with Crippen LogP contribution in [0.3, 0.4) is 0 Å². The van der Waals surface area contributed by atoms with Crippen LogP contribution in [0.4, 0.5) is 11.4 Å². The summed E-state index contributed by atoms with van der Waals surface area (Å²) in [5.74, 6) is 0.599. The third kappa shape index (κ3) is 5.49. The summed E-state index contributed by atoms with van der Waals surface area (Å²) in [7, 11) is 0. The van der Waals surface area contributed by atoms with Crippen molar-refractivity contribution in [3.63, 3.8) is 0 Å². The fraction of sp³-hybridized carbons (Fsp3) is 0.318. The minimum Gasteiger partial charge on any atom is -0.325 e. The van der Waals surface area contributed by atoms with Crippen LogP contribution in [0.5, 0.6) is 0 Å². The molecule has 31 heavy (non-hydrogen) atoms. The molecule has 2 aromatic carbocycles. The number of anilines is 2. The predicted molar refractivity (Wildman–Crippen MR) is 122 cm³/mol. The molecule has 8 nitrogen and oxygen atoms in total. The standard InChI is InChI=1S/C22H24N6O2S/c1-14-6-8-17(9-7-14)23-20(29)13-31-15(2)22(30)24-18-5-3-4-16(12-18)21-25-26-27-28(21)19-10-11-19/h3-9,12,15,19H,10-11,13H2,1-2H3,(H,23,29)(H,24,30)/t15-/m1/s1. The average Bonchev–Trinajstić information content (AvgIpc) is 3.50. The molecule has 1 aliphatic carbocycles. The fourth-order valence-corrected chi connectivity index (χ4v) is 3.72. The second-order valence-corrected chi connectivity index (χ2v) is 8.94. The molecule has 0 bridgehead atoms. The third-order valence-corrected chi connectivity index (χ3v) is 6.09. The zero-order valence-corrected chi connectivity index (χ0v) is 18.2. The van der Waals surface area contributed by atoms with Crippen molar-refractivity contribution in [2.75, 3.05) is 16.4 Å². The molecule has 1 aromatic heterocycles. The molecular formula is C22H24N6O2S. The van der Waals surface area contributed by atoms with Gasteiger partial charge in [-0.2, -0.15) is 0 Å².